The number of esters is 1. The minimum absolute atomic E-state index is 0.0112. The number of amides is 1. The van der Waals surface area contributed by atoms with Gasteiger partial charge in [0.25, 0.3) is 17.2 Å². The van der Waals surface area contributed by atoms with Gasteiger partial charge in [-0.2, -0.15) is 0 Å². The minimum Gasteiger partial charge on any atom is -0.465 e. The van der Waals surface area contributed by atoms with Gasteiger partial charge < -0.3 is 20.2 Å². The average molecular weight is 552 g/mol. The van der Waals surface area contributed by atoms with Gasteiger partial charge in [-0.1, -0.05) is 0 Å². The molecule has 5 rings (SSSR count). The third kappa shape index (κ3) is 5.10. The van der Waals surface area contributed by atoms with Crippen LogP contribution in [0.5, 0.6) is 0 Å². The molecule has 3 aromatic carbocycles. The van der Waals surface area contributed by atoms with E-state index >= 15 is 0 Å². The second-order valence-corrected chi connectivity index (χ2v) is 10.1. The zero-order chi connectivity index (χ0) is 27.8. The SMILES string of the molecule is CNC(=O)c1c(-c2ccc(F)cc2)oc2cc(CN(c3ccc(N)c(C(=O)OC)c3)S(=O)O)c(C3CC3)cc12. The van der Waals surface area contributed by atoms with Crippen LogP contribution in [0.1, 0.15) is 50.6 Å². The number of hydrogen-bond acceptors (Lipinski definition) is 6. The van der Waals surface area contributed by atoms with Gasteiger partial charge in [-0.15, -0.1) is 0 Å². The Kier molecular flexibility index (Phi) is 7.11. The molecule has 1 fully saturated rings. The predicted molar refractivity (Wildman–Crippen MR) is 146 cm³/mol. The Balaban J connectivity index is 1.64. The fourth-order valence-corrected chi connectivity index (χ4v) is 5.19. The van der Waals surface area contributed by atoms with Crippen LogP contribution in [0.15, 0.2) is 59.0 Å². The van der Waals surface area contributed by atoms with Gasteiger partial charge in [0.2, 0.25) is 0 Å². The number of anilines is 2. The van der Waals surface area contributed by atoms with Gasteiger partial charge in [-0.05, 0) is 84.5 Å². The number of carbonyl (C=O) groups excluding carboxylic acids is 2. The van der Waals surface area contributed by atoms with E-state index in [1.54, 1.807) is 24.3 Å². The van der Waals surface area contributed by atoms with E-state index in [0.717, 1.165) is 24.0 Å². The molecule has 1 aromatic heterocycles. The molecule has 1 aliphatic rings. The molecule has 9 nitrogen and oxygen atoms in total. The van der Waals surface area contributed by atoms with Crippen LogP contribution in [-0.2, 0) is 22.5 Å². The summed E-state index contributed by atoms with van der Waals surface area (Å²) < 4.78 is 48.4. The lowest BCUT2D eigenvalue weighted by atomic mass is 9.97. The first-order chi connectivity index (χ1) is 18.7. The van der Waals surface area contributed by atoms with E-state index in [-0.39, 0.29) is 29.6 Å². The number of nitrogen functional groups attached to an aromatic ring is 1. The van der Waals surface area contributed by atoms with Crippen molar-refractivity contribution in [3.63, 3.8) is 0 Å². The fraction of sp³-hybridized carbons (Fsp3) is 0.214. The average Bonchev–Trinajstić information content (AvgIpc) is 3.71. The summed E-state index contributed by atoms with van der Waals surface area (Å²) in [4.78, 5) is 25.1. The molecule has 0 spiro atoms. The molecular formula is C28H26FN3O6S. The summed E-state index contributed by atoms with van der Waals surface area (Å²) in [6.45, 7) is 0.0112. The number of furan rings is 1. The number of benzene rings is 3. The van der Waals surface area contributed by atoms with Crippen molar-refractivity contribution < 1.29 is 31.9 Å². The summed E-state index contributed by atoms with van der Waals surface area (Å²) in [5.74, 6) is -0.907. The molecule has 4 aromatic rings. The molecule has 1 saturated carbocycles. The van der Waals surface area contributed by atoms with Crippen LogP contribution >= 0.6 is 0 Å². The second kappa shape index (κ2) is 10.5. The third-order valence-corrected chi connectivity index (χ3v) is 7.48. The van der Waals surface area contributed by atoms with Crippen molar-refractivity contribution >= 4 is 45.5 Å². The zero-order valence-electron chi connectivity index (χ0n) is 21.2. The highest BCUT2D eigenvalue weighted by molar-refractivity contribution is 7.80. The van der Waals surface area contributed by atoms with Crippen molar-refractivity contribution in [2.24, 2.45) is 0 Å². The monoisotopic (exact) mass is 551 g/mol. The Bertz CT molecular complexity index is 1610. The van der Waals surface area contributed by atoms with Crippen LogP contribution in [0.25, 0.3) is 22.3 Å². The van der Waals surface area contributed by atoms with E-state index in [1.165, 1.54) is 42.7 Å². The Morgan fingerprint density at radius 1 is 1.18 bits per heavy atom. The molecule has 1 atom stereocenters. The number of nitrogens with one attached hydrogen (secondary N) is 1. The van der Waals surface area contributed by atoms with Gasteiger partial charge in [-0.25, -0.2) is 13.4 Å². The highest BCUT2D eigenvalue weighted by Crippen LogP contribution is 2.45. The molecule has 1 aliphatic carbocycles. The highest BCUT2D eigenvalue weighted by Gasteiger charge is 2.31. The Labute approximate surface area is 226 Å². The smallest absolute Gasteiger partial charge is 0.340 e. The Hall–Kier alpha value is -4.22. The number of methoxy groups -OCH3 is 1. The lowest BCUT2D eigenvalue weighted by Gasteiger charge is -2.22. The van der Waals surface area contributed by atoms with Crippen molar-refractivity contribution in [2.75, 3.05) is 24.2 Å². The van der Waals surface area contributed by atoms with Crippen molar-refractivity contribution in [2.45, 2.75) is 25.3 Å². The molecule has 0 saturated heterocycles. The summed E-state index contributed by atoms with van der Waals surface area (Å²) in [5.41, 5.74) is 9.40. The van der Waals surface area contributed by atoms with Crippen LogP contribution in [0.4, 0.5) is 15.8 Å². The predicted octanol–water partition coefficient (Wildman–Crippen LogP) is 4.99. The Morgan fingerprint density at radius 2 is 1.90 bits per heavy atom. The number of nitrogens with two attached hydrogens (primary N) is 1. The second-order valence-electron chi connectivity index (χ2n) is 9.24. The molecule has 0 radical (unpaired) electrons. The number of hydrogen-bond donors (Lipinski definition) is 3. The van der Waals surface area contributed by atoms with Crippen LogP contribution in [0.3, 0.4) is 0 Å². The van der Waals surface area contributed by atoms with Gasteiger partial charge >= 0.3 is 5.97 Å². The van der Waals surface area contributed by atoms with Gasteiger partial charge in [-0.3, -0.25) is 13.7 Å². The van der Waals surface area contributed by atoms with Gasteiger partial charge in [0, 0.05) is 23.7 Å². The van der Waals surface area contributed by atoms with E-state index in [9.17, 15) is 22.7 Å². The molecular weight excluding hydrogens is 525 g/mol. The molecule has 11 heteroatoms. The Morgan fingerprint density at radius 3 is 2.51 bits per heavy atom. The quantitative estimate of drug-likeness (QED) is 0.160. The van der Waals surface area contributed by atoms with Crippen LogP contribution in [0.2, 0.25) is 0 Å². The van der Waals surface area contributed by atoms with Crippen molar-refractivity contribution in [1.29, 1.82) is 0 Å². The number of carbonyl (C=O) groups is 2. The lowest BCUT2D eigenvalue weighted by molar-refractivity contribution is 0.0601. The van der Waals surface area contributed by atoms with E-state index in [0.29, 0.717) is 33.5 Å². The summed E-state index contributed by atoms with van der Waals surface area (Å²) in [6, 6.07) is 13.8. The number of nitrogens with zero attached hydrogens (tertiary/aromatic N) is 1. The van der Waals surface area contributed by atoms with Crippen LogP contribution in [-0.4, -0.2) is 34.8 Å². The first-order valence-electron chi connectivity index (χ1n) is 12.2. The van der Waals surface area contributed by atoms with E-state index in [2.05, 4.69) is 5.32 Å². The first kappa shape index (κ1) is 26.4. The van der Waals surface area contributed by atoms with E-state index in [4.69, 9.17) is 14.9 Å². The molecule has 1 amide bonds. The maximum Gasteiger partial charge on any atom is 0.340 e. The van der Waals surface area contributed by atoms with Gasteiger partial charge in [0.1, 0.15) is 17.2 Å². The molecule has 0 bridgehead atoms. The van der Waals surface area contributed by atoms with Gasteiger partial charge in [0.15, 0.2) is 0 Å². The third-order valence-electron chi connectivity index (χ3n) is 6.76. The molecule has 202 valence electrons. The van der Waals surface area contributed by atoms with Crippen LogP contribution in [0, 0.1) is 5.82 Å². The number of halogens is 1. The fourth-order valence-electron chi connectivity index (χ4n) is 4.65. The van der Waals surface area contributed by atoms with E-state index in [1.807, 2.05) is 6.07 Å². The topological polar surface area (TPSA) is 135 Å². The van der Waals surface area contributed by atoms with Crippen molar-refractivity contribution in [3.8, 4) is 11.3 Å². The first-order valence-corrected chi connectivity index (χ1v) is 13.2. The highest BCUT2D eigenvalue weighted by atomic mass is 32.2. The minimum atomic E-state index is -2.45. The zero-order valence-corrected chi connectivity index (χ0v) is 22.0. The number of ether oxygens (including phenoxy) is 1. The summed E-state index contributed by atoms with van der Waals surface area (Å²) in [6.07, 6.45) is 1.88. The molecule has 39 heavy (non-hydrogen) atoms. The molecule has 1 unspecified atom stereocenters. The van der Waals surface area contributed by atoms with Crippen molar-refractivity contribution in [1.82, 2.24) is 5.32 Å². The standard InChI is InChI=1S/C28H26FN3O6S/c1-31-27(33)25-22-13-20(15-3-4-15)17(11-24(22)38-26(25)16-5-7-18(29)8-6-16)14-32(39(35)36)19-9-10-23(30)21(12-19)28(34)37-2/h5-13,15H,3-4,14,30H2,1-2H3,(H,31,33)(H,35,36). The largest absolute Gasteiger partial charge is 0.465 e. The van der Waals surface area contributed by atoms with Crippen molar-refractivity contribution in [3.05, 3.63) is 82.7 Å². The summed E-state index contributed by atoms with van der Waals surface area (Å²) in [5, 5.41) is 3.24. The molecule has 1 heterocycles. The number of rotatable bonds is 8. The summed E-state index contributed by atoms with van der Waals surface area (Å²) >= 11 is -2.45. The van der Waals surface area contributed by atoms with Gasteiger partial charge in [0.05, 0.1) is 30.5 Å². The maximum atomic E-state index is 13.6. The maximum absolute atomic E-state index is 13.6. The van der Waals surface area contributed by atoms with Crippen LogP contribution < -0.4 is 15.4 Å². The van der Waals surface area contributed by atoms with E-state index < -0.39 is 23.1 Å². The normalized spacial score (nSPS) is 13.7. The molecule has 4 N–H and O–H groups in total. The molecule has 0 aliphatic heterocycles. The lowest BCUT2D eigenvalue weighted by Crippen LogP contribution is -2.25. The summed E-state index contributed by atoms with van der Waals surface area (Å²) in [7, 11) is 2.75. The number of fused-ring (bicyclic) bond motifs is 1.